The van der Waals surface area contributed by atoms with Crippen molar-refractivity contribution in [2.24, 2.45) is 0 Å². The van der Waals surface area contributed by atoms with Crippen molar-refractivity contribution in [1.82, 2.24) is 15.1 Å². The van der Waals surface area contributed by atoms with Crippen LogP contribution in [0, 0.1) is 12.7 Å². The third-order valence-corrected chi connectivity index (χ3v) is 4.67. The molecule has 0 atom stereocenters. The molecular formula is C17H19FN4O2S. The van der Waals surface area contributed by atoms with Crippen LogP contribution in [0.1, 0.15) is 22.0 Å². The number of hydrogen-bond donors (Lipinski definition) is 0. The molecule has 25 heavy (non-hydrogen) atoms. The Morgan fingerprint density at radius 2 is 2.08 bits per heavy atom. The molecule has 0 N–H and O–H groups in total. The van der Waals surface area contributed by atoms with Crippen LogP contribution in [0.25, 0.3) is 0 Å². The highest BCUT2D eigenvalue weighted by atomic mass is 32.1. The molecule has 2 heterocycles. The molecule has 3 rings (SSSR count). The van der Waals surface area contributed by atoms with Gasteiger partial charge in [-0.25, -0.2) is 9.37 Å². The molecule has 0 saturated carbocycles. The van der Waals surface area contributed by atoms with Gasteiger partial charge in [0, 0.05) is 25.0 Å². The second kappa shape index (κ2) is 8.17. The van der Waals surface area contributed by atoms with Gasteiger partial charge < -0.3 is 14.2 Å². The van der Waals surface area contributed by atoms with Crippen LogP contribution in [0.5, 0.6) is 0 Å². The summed E-state index contributed by atoms with van der Waals surface area (Å²) in [5.41, 5.74) is 3.75. The van der Waals surface area contributed by atoms with E-state index in [0.29, 0.717) is 38.0 Å². The molecule has 6 nitrogen and oxygen atoms in total. The number of halogens is 1. The van der Waals surface area contributed by atoms with Gasteiger partial charge >= 0.3 is 6.01 Å². The number of ether oxygens (including phenoxy) is 1. The number of hydrogen-bond acceptors (Lipinski definition) is 7. The van der Waals surface area contributed by atoms with Crippen LogP contribution in [0.3, 0.4) is 0 Å². The minimum atomic E-state index is -0.261. The Morgan fingerprint density at radius 1 is 1.28 bits per heavy atom. The largest absolute Gasteiger partial charge is 0.383 e. The van der Waals surface area contributed by atoms with Crippen LogP contribution < -0.4 is 4.90 Å². The van der Waals surface area contributed by atoms with Crippen molar-refractivity contribution in [1.29, 1.82) is 0 Å². The normalized spacial score (nSPS) is 11.0. The molecule has 0 aliphatic rings. The Morgan fingerprint density at radius 3 is 2.76 bits per heavy atom. The monoisotopic (exact) mass is 362 g/mol. The smallest absolute Gasteiger partial charge is 0.324 e. The first kappa shape index (κ1) is 17.5. The third kappa shape index (κ3) is 4.61. The van der Waals surface area contributed by atoms with Crippen LogP contribution in [0.4, 0.5) is 10.4 Å². The summed E-state index contributed by atoms with van der Waals surface area (Å²) in [5.74, 6) is 0.299. The first-order valence-corrected chi connectivity index (χ1v) is 8.73. The number of benzene rings is 1. The first-order chi connectivity index (χ1) is 12.2. The highest BCUT2D eigenvalue weighted by Gasteiger charge is 2.17. The molecule has 0 fully saturated rings. The summed E-state index contributed by atoms with van der Waals surface area (Å²) in [4.78, 5) is 11.9. The van der Waals surface area contributed by atoms with Gasteiger partial charge in [0.1, 0.15) is 5.82 Å². The van der Waals surface area contributed by atoms with E-state index >= 15 is 0 Å². The fourth-order valence-electron chi connectivity index (χ4n) is 2.32. The van der Waals surface area contributed by atoms with Crippen molar-refractivity contribution in [3.05, 3.63) is 57.6 Å². The van der Waals surface area contributed by atoms with Crippen molar-refractivity contribution in [2.75, 3.05) is 25.2 Å². The molecule has 1 aromatic carbocycles. The zero-order valence-corrected chi connectivity index (χ0v) is 14.9. The molecule has 132 valence electrons. The van der Waals surface area contributed by atoms with Crippen LogP contribution >= 0.6 is 11.3 Å². The van der Waals surface area contributed by atoms with Crippen molar-refractivity contribution in [2.45, 2.75) is 19.9 Å². The van der Waals surface area contributed by atoms with E-state index in [1.54, 1.807) is 30.6 Å². The molecule has 3 aromatic rings. The maximum atomic E-state index is 13.0. The molecule has 0 saturated heterocycles. The predicted octanol–water partition coefficient (Wildman–Crippen LogP) is 3.22. The van der Waals surface area contributed by atoms with E-state index in [1.807, 2.05) is 17.3 Å². The minimum Gasteiger partial charge on any atom is -0.383 e. The summed E-state index contributed by atoms with van der Waals surface area (Å²) in [6.07, 6.45) is 0.488. The molecule has 8 heteroatoms. The minimum absolute atomic E-state index is 0.261. The van der Waals surface area contributed by atoms with Crippen molar-refractivity contribution in [3.63, 3.8) is 0 Å². The third-order valence-electron chi connectivity index (χ3n) is 3.75. The van der Waals surface area contributed by atoms with Crippen molar-refractivity contribution < 1.29 is 13.7 Å². The molecule has 0 aliphatic carbocycles. The van der Waals surface area contributed by atoms with Gasteiger partial charge in [0.15, 0.2) is 5.82 Å². The van der Waals surface area contributed by atoms with Crippen LogP contribution in [-0.2, 0) is 17.7 Å². The summed E-state index contributed by atoms with van der Waals surface area (Å²) >= 11 is 1.60. The maximum Gasteiger partial charge on any atom is 0.324 e. The second-order valence-corrected chi connectivity index (χ2v) is 6.51. The van der Waals surface area contributed by atoms with Gasteiger partial charge in [0.05, 0.1) is 24.4 Å². The average molecular weight is 362 g/mol. The summed E-state index contributed by atoms with van der Waals surface area (Å²) < 4.78 is 23.6. The molecule has 0 amide bonds. The second-order valence-electron chi connectivity index (χ2n) is 5.57. The highest BCUT2D eigenvalue weighted by Crippen LogP contribution is 2.20. The van der Waals surface area contributed by atoms with E-state index in [1.165, 1.54) is 12.1 Å². The van der Waals surface area contributed by atoms with Gasteiger partial charge in [0.2, 0.25) is 0 Å². The number of aryl methyl sites for hydroxylation is 1. The number of methoxy groups -OCH3 is 1. The predicted molar refractivity (Wildman–Crippen MR) is 93.3 cm³/mol. The van der Waals surface area contributed by atoms with Crippen LogP contribution in [0.2, 0.25) is 0 Å². The molecular weight excluding hydrogens is 343 g/mol. The van der Waals surface area contributed by atoms with Gasteiger partial charge in [-0.3, -0.25) is 0 Å². The van der Waals surface area contributed by atoms with Gasteiger partial charge in [-0.05, 0) is 24.6 Å². The van der Waals surface area contributed by atoms with Crippen LogP contribution in [0.15, 0.2) is 34.3 Å². The summed E-state index contributed by atoms with van der Waals surface area (Å²) in [7, 11) is 1.66. The van der Waals surface area contributed by atoms with E-state index in [2.05, 4.69) is 15.1 Å². The summed E-state index contributed by atoms with van der Waals surface area (Å²) in [6.45, 7) is 3.80. The van der Waals surface area contributed by atoms with Crippen molar-refractivity contribution >= 4 is 17.4 Å². The molecule has 0 unspecified atom stereocenters. The fraction of sp³-hybridized carbons (Fsp3) is 0.353. The Labute approximate surface area is 149 Å². The molecule has 2 aromatic heterocycles. The van der Waals surface area contributed by atoms with Crippen LogP contribution in [-0.4, -0.2) is 35.4 Å². The summed E-state index contributed by atoms with van der Waals surface area (Å²) in [6, 6.07) is 6.73. The molecule has 0 radical (unpaired) electrons. The maximum absolute atomic E-state index is 13.0. The standard InChI is InChI=1S/C17H19FN4O2S/c1-12-15(25-11-19-12)10-22(7-8-23-2)17-20-16(21-24-17)9-13-3-5-14(18)6-4-13/h3-6,11H,7-10H2,1-2H3. The lowest BCUT2D eigenvalue weighted by Crippen LogP contribution is -2.27. The lowest BCUT2D eigenvalue weighted by molar-refractivity contribution is 0.203. The van der Waals surface area contributed by atoms with Gasteiger partial charge in [-0.1, -0.05) is 17.3 Å². The average Bonchev–Trinajstić information content (AvgIpc) is 3.23. The first-order valence-electron chi connectivity index (χ1n) is 7.85. The Balaban J connectivity index is 1.73. The topological polar surface area (TPSA) is 64.3 Å². The van der Waals surface area contributed by atoms with Crippen molar-refractivity contribution in [3.8, 4) is 0 Å². The quantitative estimate of drug-likeness (QED) is 0.613. The zero-order valence-electron chi connectivity index (χ0n) is 14.1. The fourth-order valence-corrected chi connectivity index (χ4v) is 3.12. The molecule has 0 aliphatic heterocycles. The Hall–Kier alpha value is -2.32. The number of nitrogens with zero attached hydrogens (tertiary/aromatic N) is 4. The number of thiazole rings is 1. The number of aromatic nitrogens is 3. The van der Waals surface area contributed by atoms with E-state index in [-0.39, 0.29) is 5.82 Å². The van der Waals surface area contributed by atoms with Gasteiger partial charge in [-0.15, -0.1) is 11.3 Å². The Kier molecular flexibility index (Phi) is 5.72. The molecule has 0 bridgehead atoms. The zero-order chi connectivity index (χ0) is 17.6. The van der Waals surface area contributed by atoms with Gasteiger partial charge in [-0.2, -0.15) is 4.98 Å². The van der Waals surface area contributed by atoms with E-state index < -0.39 is 0 Å². The van der Waals surface area contributed by atoms with E-state index in [9.17, 15) is 4.39 Å². The SMILES string of the molecule is COCCN(Cc1scnc1C)c1nc(Cc2ccc(F)cc2)no1. The Bertz CT molecular complexity index is 803. The van der Waals surface area contributed by atoms with Gasteiger partial charge in [0.25, 0.3) is 0 Å². The lowest BCUT2D eigenvalue weighted by Gasteiger charge is -2.18. The van der Waals surface area contributed by atoms with E-state index in [4.69, 9.17) is 9.26 Å². The lowest BCUT2D eigenvalue weighted by atomic mass is 10.1. The molecule has 0 spiro atoms. The number of anilines is 1. The highest BCUT2D eigenvalue weighted by molar-refractivity contribution is 7.09. The summed E-state index contributed by atoms with van der Waals surface area (Å²) in [5, 5.41) is 4.04. The number of rotatable bonds is 8. The van der Waals surface area contributed by atoms with E-state index in [0.717, 1.165) is 16.1 Å².